The number of carbonyl (C=O) groups excluding carboxylic acids is 1. The summed E-state index contributed by atoms with van der Waals surface area (Å²) in [5.41, 5.74) is 1.52. The number of para-hydroxylation sites is 1. The summed E-state index contributed by atoms with van der Waals surface area (Å²) in [6.45, 7) is 5.48. The summed E-state index contributed by atoms with van der Waals surface area (Å²) < 4.78 is 1.93. The molecule has 2 aromatic rings. The van der Waals surface area contributed by atoms with E-state index in [2.05, 4.69) is 34.5 Å². The topological polar surface area (TPSA) is 82.4 Å². The second kappa shape index (κ2) is 8.42. The molecule has 1 amide bonds. The number of likely N-dealkylation sites (N-methyl/N-ethyl adjacent to an activating group) is 1. The second-order valence-electron chi connectivity index (χ2n) is 8.84. The Morgan fingerprint density at radius 3 is 2.59 bits per heavy atom. The van der Waals surface area contributed by atoms with Crippen LogP contribution in [0, 0.1) is 0 Å². The van der Waals surface area contributed by atoms with Gasteiger partial charge in [0.15, 0.2) is 5.69 Å². The summed E-state index contributed by atoms with van der Waals surface area (Å²) >= 11 is 0. The highest BCUT2D eigenvalue weighted by Gasteiger charge is 2.41. The number of nitrogens with zero attached hydrogens (tertiary/aromatic N) is 3. The van der Waals surface area contributed by atoms with Gasteiger partial charge in [0.1, 0.15) is 0 Å². The number of aliphatic hydroxyl groups excluding tert-OH is 1. The Balaban J connectivity index is 1.45. The normalized spacial score (nSPS) is 25.6. The lowest BCUT2D eigenvalue weighted by molar-refractivity contribution is 0.0510. The summed E-state index contributed by atoms with van der Waals surface area (Å²) in [6.07, 6.45) is 3.83. The van der Waals surface area contributed by atoms with Gasteiger partial charge in [-0.2, -0.15) is 5.10 Å². The number of amides is 1. The molecule has 2 bridgehead atoms. The zero-order chi connectivity index (χ0) is 20.5. The average Bonchev–Trinajstić information content (AvgIpc) is 3.17. The lowest BCUT2D eigenvalue weighted by Gasteiger charge is -2.40. The maximum absolute atomic E-state index is 13.1. The first-order chi connectivity index (χ1) is 14.0. The van der Waals surface area contributed by atoms with Crippen LogP contribution in [-0.4, -0.2) is 70.1 Å². The number of carbonyl (C=O) groups is 1. The quantitative estimate of drug-likeness (QED) is 0.663. The largest absolute Gasteiger partial charge is 0.390 e. The van der Waals surface area contributed by atoms with Gasteiger partial charge in [0.05, 0.1) is 11.6 Å². The fourth-order valence-corrected chi connectivity index (χ4v) is 5.14. The number of benzene rings is 1. The zero-order valence-electron chi connectivity index (χ0n) is 17.6. The van der Waals surface area contributed by atoms with Gasteiger partial charge in [0.2, 0.25) is 0 Å². The van der Waals surface area contributed by atoms with Crippen LogP contribution in [0.15, 0.2) is 24.3 Å². The van der Waals surface area contributed by atoms with Crippen molar-refractivity contribution in [3.63, 3.8) is 0 Å². The number of fused-ring (bicyclic) bond motifs is 3. The Hall–Kier alpha value is -1.96. The molecular weight excluding hydrogens is 366 g/mol. The van der Waals surface area contributed by atoms with E-state index < -0.39 is 0 Å². The van der Waals surface area contributed by atoms with Crippen LogP contribution in [0.25, 0.3) is 10.9 Å². The number of aliphatic hydroxyl groups is 1. The predicted octanol–water partition coefficient (Wildman–Crippen LogP) is 1.92. The molecule has 2 fully saturated rings. The van der Waals surface area contributed by atoms with E-state index in [-0.39, 0.29) is 24.1 Å². The van der Waals surface area contributed by atoms with E-state index in [9.17, 15) is 9.90 Å². The number of hydrogen-bond donors (Lipinski definition) is 3. The van der Waals surface area contributed by atoms with Crippen molar-refractivity contribution in [1.82, 2.24) is 25.3 Å². The van der Waals surface area contributed by atoms with Crippen molar-refractivity contribution in [3.8, 4) is 0 Å². The van der Waals surface area contributed by atoms with Crippen LogP contribution in [-0.2, 0) is 0 Å². The van der Waals surface area contributed by atoms with Gasteiger partial charge in [-0.3, -0.25) is 14.4 Å². The highest BCUT2D eigenvalue weighted by molar-refractivity contribution is 6.05. The molecule has 1 aromatic carbocycles. The molecule has 7 heteroatoms. The Morgan fingerprint density at radius 2 is 1.93 bits per heavy atom. The van der Waals surface area contributed by atoms with Crippen LogP contribution in [0.1, 0.15) is 56.1 Å². The van der Waals surface area contributed by atoms with Crippen LogP contribution >= 0.6 is 0 Å². The van der Waals surface area contributed by atoms with E-state index in [4.69, 9.17) is 0 Å². The maximum atomic E-state index is 13.1. The van der Waals surface area contributed by atoms with Crippen LogP contribution in [0.3, 0.4) is 0 Å². The second-order valence-corrected chi connectivity index (χ2v) is 8.84. The monoisotopic (exact) mass is 399 g/mol. The standard InChI is InChI=1S/C22H33N5O2/c1-14(2)27-20-7-5-4-6-19(20)21(25-27)22(29)24-15-10-16-8-9-17(11-15)26(16)13-18(28)12-23-3/h4-7,14-18,23,28H,8-13H2,1-3H3,(H,24,29)/t15?,16-,17+,18-/m0/s1. The number of rotatable bonds is 7. The van der Waals surface area contributed by atoms with Crippen molar-refractivity contribution in [2.45, 2.75) is 69.8 Å². The van der Waals surface area contributed by atoms with Crippen LogP contribution in [0.2, 0.25) is 0 Å². The Labute approximate surface area is 172 Å². The maximum Gasteiger partial charge on any atom is 0.272 e. The molecule has 0 saturated carbocycles. The van der Waals surface area contributed by atoms with E-state index in [1.54, 1.807) is 0 Å². The van der Waals surface area contributed by atoms with Gasteiger partial charge < -0.3 is 15.7 Å². The molecule has 2 saturated heterocycles. The number of aromatic nitrogens is 2. The van der Waals surface area contributed by atoms with E-state index in [0.717, 1.165) is 36.6 Å². The van der Waals surface area contributed by atoms with Crippen LogP contribution < -0.4 is 10.6 Å². The number of piperidine rings is 1. The molecular formula is C22H33N5O2. The lowest BCUT2D eigenvalue weighted by Crippen LogP contribution is -2.53. The molecule has 0 spiro atoms. The third-order valence-corrected chi connectivity index (χ3v) is 6.40. The highest BCUT2D eigenvalue weighted by Crippen LogP contribution is 2.36. The van der Waals surface area contributed by atoms with Crippen molar-refractivity contribution in [2.75, 3.05) is 20.1 Å². The molecule has 1 unspecified atom stereocenters. The van der Waals surface area contributed by atoms with E-state index >= 15 is 0 Å². The first-order valence-electron chi connectivity index (χ1n) is 10.8. The van der Waals surface area contributed by atoms with Gasteiger partial charge in [0.25, 0.3) is 5.91 Å². The fraction of sp³-hybridized carbons (Fsp3) is 0.636. The molecule has 0 aliphatic carbocycles. The minimum absolute atomic E-state index is 0.0753. The van der Waals surface area contributed by atoms with Gasteiger partial charge in [0, 0.05) is 42.6 Å². The average molecular weight is 400 g/mol. The molecule has 2 aliphatic heterocycles. The summed E-state index contributed by atoms with van der Waals surface area (Å²) in [5.74, 6) is -0.0753. The van der Waals surface area contributed by atoms with Crippen molar-refractivity contribution >= 4 is 16.8 Å². The molecule has 3 N–H and O–H groups in total. The molecule has 4 atom stereocenters. The SMILES string of the molecule is CNC[C@H](O)CN1[C@@H]2CC[C@H]1CC(NC(=O)c1nn(C(C)C)c3ccccc13)C2. The summed E-state index contributed by atoms with van der Waals surface area (Å²) in [4.78, 5) is 15.5. The number of nitrogens with one attached hydrogen (secondary N) is 2. The third kappa shape index (κ3) is 4.04. The Bertz CT molecular complexity index is 850. The highest BCUT2D eigenvalue weighted by atomic mass is 16.3. The smallest absolute Gasteiger partial charge is 0.272 e. The van der Waals surface area contributed by atoms with Crippen LogP contribution in [0.4, 0.5) is 0 Å². The molecule has 7 nitrogen and oxygen atoms in total. The summed E-state index contributed by atoms with van der Waals surface area (Å²) in [5, 5.41) is 22.0. The van der Waals surface area contributed by atoms with E-state index in [0.29, 0.717) is 30.9 Å². The van der Waals surface area contributed by atoms with Gasteiger partial charge in [-0.15, -0.1) is 0 Å². The van der Waals surface area contributed by atoms with Crippen LogP contribution in [0.5, 0.6) is 0 Å². The number of hydrogen-bond acceptors (Lipinski definition) is 5. The van der Waals surface area contributed by atoms with Gasteiger partial charge in [-0.25, -0.2) is 0 Å². The Morgan fingerprint density at radius 1 is 1.24 bits per heavy atom. The summed E-state index contributed by atoms with van der Waals surface area (Å²) in [7, 11) is 1.86. The van der Waals surface area contributed by atoms with E-state index in [1.165, 1.54) is 0 Å². The first-order valence-corrected chi connectivity index (χ1v) is 10.8. The minimum Gasteiger partial charge on any atom is -0.390 e. The van der Waals surface area contributed by atoms with Crippen molar-refractivity contribution in [3.05, 3.63) is 30.0 Å². The molecule has 2 aliphatic rings. The first kappa shape index (κ1) is 20.3. The predicted molar refractivity (Wildman–Crippen MR) is 114 cm³/mol. The molecule has 4 rings (SSSR count). The van der Waals surface area contributed by atoms with Crippen molar-refractivity contribution < 1.29 is 9.90 Å². The van der Waals surface area contributed by atoms with Crippen molar-refractivity contribution in [1.29, 1.82) is 0 Å². The lowest BCUT2D eigenvalue weighted by atomic mass is 9.96. The van der Waals surface area contributed by atoms with Crippen molar-refractivity contribution in [2.24, 2.45) is 0 Å². The fourth-order valence-electron chi connectivity index (χ4n) is 5.14. The molecule has 29 heavy (non-hydrogen) atoms. The Kier molecular flexibility index (Phi) is 5.90. The van der Waals surface area contributed by atoms with Gasteiger partial charge in [-0.05, 0) is 52.6 Å². The van der Waals surface area contributed by atoms with Gasteiger partial charge >= 0.3 is 0 Å². The third-order valence-electron chi connectivity index (χ3n) is 6.40. The van der Waals surface area contributed by atoms with E-state index in [1.807, 2.05) is 36.0 Å². The zero-order valence-corrected chi connectivity index (χ0v) is 17.6. The molecule has 158 valence electrons. The molecule has 3 heterocycles. The van der Waals surface area contributed by atoms with Gasteiger partial charge in [-0.1, -0.05) is 18.2 Å². The molecule has 0 radical (unpaired) electrons. The molecule has 1 aromatic heterocycles. The summed E-state index contributed by atoms with van der Waals surface area (Å²) in [6, 6.07) is 9.19. The minimum atomic E-state index is -0.347.